The van der Waals surface area contributed by atoms with Crippen molar-refractivity contribution in [3.63, 3.8) is 0 Å². The molecular formula is C24H28N2O3. The molecule has 3 amide bonds. The van der Waals surface area contributed by atoms with Gasteiger partial charge in [0.05, 0.1) is 6.54 Å². The Bertz CT molecular complexity index is 953. The standard InChI is InChI=1S/C24H28N2O3/c1-16(2)21-9-8-20(14-17(21)3)29-13-12-26-22(27)24(25-23(26)28)11-10-18-6-4-5-7-19(18)15-24/h4-9,14,16H,10-13,15H2,1-3H3,(H,25,28). The maximum Gasteiger partial charge on any atom is 0.325 e. The van der Waals surface area contributed by atoms with E-state index >= 15 is 0 Å². The van der Waals surface area contributed by atoms with Crippen LogP contribution in [0.1, 0.15) is 48.4 Å². The Kier molecular flexibility index (Phi) is 5.07. The van der Waals surface area contributed by atoms with Crippen molar-refractivity contribution in [2.75, 3.05) is 13.2 Å². The molecule has 0 radical (unpaired) electrons. The molecule has 0 bridgehead atoms. The third kappa shape index (κ3) is 3.61. The summed E-state index contributed by atoms with van der Waals surface area (Å²) in [5, 5.41) is 2.97. The monoisotopic (exact) mass is 392 g/mol. The van der Waals surface area contributed by atoms with Gasteiger partial charge < -0.3 is 10.1 Å². The summed E-state index contributed by atoms with van der Waals surface area (Å²) in [5.41, 5.74) is 4.09. The van der Waals surface area contributed by atoms with Crippen molar-refractivity contribution in [2.45, 2.75) is 51.5 Å². The third-order valence-corrected chi connectivity index (χ3v) is 6.12. The first kappa shape index (κ1) is 19.5. The van der Waals surface area contributed by atoms with Crippen LogP contribution in [0, 0.1) is 6.92 Å². The molecule has 1 aliphatic carbocycles. The number of hydrogen-bond acceptors (Lipinski definition) is 3. The van der Waals surface area contributed by atoms with Gasteiger partial charge in [-0.3, -0.25) is 9.69 Å². The van der Waals surface area contributed by atoms with E-state index in [4.69, 9.17) is 4.74 Å². The van der Waals surface area contributed by atoms with Gasteiger partial charge >= 0.3 is 6.03 Å². The predicted octanol–water partition coefficient (Wildman–Crippen LogP) is 3.98. The summed E-state index contributed by atoms with van der Waals surface area (Å²) in [7, 11) is 0. The van der Waals surface area contributed by atoms with Crippen LogP contribution < -0.4 is 10.1 Å². The number of urea groups is 1. The Morgan fingerprint density at radius 1 is 1.14 bits per heavy atom. The average Bonchev–Trinajstić information content (AvgIpc) is 2.91. The van der Waals surface area contributed by atoms with Gasteiger partial charge in [-0.2, -0.15) is 0 Å². The summed E-state index contributed by atoms with van der Waals surface area (Å²) in [6.07, 6.45) is 2.00. The largest absolute Gasteiger partial charge is 0.492 e. The van der Waals surface area contributed by atoms with Crippen LogP contribution in [0.15, 0.2) is 42.5 Å². The van der Waals surface area contributed by atoms with E-state index in [1.807, 2.05) is 30.3 Å². The smallest absolute Gasteiger partial charge is 0.325 e. The molecule has 1 atom stereocenters. The zero-order valence-electron chi connectivity index (χ0n) is 17.3. The number of carbonyl (C=O) groups is 2. The fourth-order valence-corrected chi connectivity index (χ4v) is 4.54. The van der Waals surface area contributed by atoms with Crippen molar-refractivity contribution in [1.82, 2.24) is 10.2 Å². The molecule has 1 heterocycles. The minimum Gasteiger partial charge on any atom is -0.492 e. The highest BCUT2D eigenvalue weighted by molar-refractivity contribution is 6.07. The molecular weight excluding hydrogens is 364 g/mol. The third-order valence-electron chi connectivity index (χ3n) is 6.12. The van der Waals surface area contributed by atoms with E-state index in [0.29, 0.717) is 18.8 Å². The maximum absolute atomic E-state index is 13.1. The summed E-state index contributed by atoms with van der Waals surface area (Å²) in [5.74, 6) is 1.10. The number of benzene rings is 2. The molecule has 1 aliphatic heterocycles. The quantitative estimate of drug-likeness (QED) is 0.783. The SMILES string of the molecule is Cc1cc(OCCN2C(=O)NC3(CCc4ccccc4C3)C2=O)ccc1C(C)C. The number of carbonyl (C=O) groups excluding carboxylic acids is 2. The van der Waals surface area contributed by atoms with E-state index in [-0.39, 0.29) is 25.1 Å². The molecule has 1 spiro atoms. The van der Waals surface area contributed by atoms with E-state index in [0.717, 1.165) is 17.7 Å². The fraction of sp³-hybridized carbons (Fsp3) is 0.417. The maximum atomic E-state index is 13.1. The van der Waals surface area contributed by atoms with Crippen LogP contribution in [-0.4, -0.2) is 35.5 Å². The van der Waals surface area contributed by atoms with E-state index in [2.05, 4.69) is 38.2 Å². The Labute approximate surface area is 172 Å². The first-order chi connectivity index (χ1) is 13.9. The Morgan fingerprint density at radius 2 is 1.90 bits per heavy atom. The van der Waals surface area contributed by atoms with Crippen molar-refractivity contribution in [3.8, 4) is 5.75 Å². The van der Waals surface area contributed by atoms with Crippen molar-refractivity contribution in [3.05, 3.63) is 64.7 Å². The molecule has 0 aromatic heterocycles. The van der Waals surface area contributed by atoms with Crippen molar-refractivity contribution in [1.29, 1.82) is 0 Å². The minimum atomic E-state index is -0.805. The van der Waals surface area contributed by atoms with Gasteiger partial charge in [-0.05, 0) is 60.1 Å². The van der Waals surface area contributed by atoms with Crippen LogP contribution >= 0.6 is 0 Å². The molecule has 5 nitrogen and oxygen atoms in total. The molecule has 5 heteroatoms. The molecule has 2 aromatic rings. The molecule has 2 aromatic carbocycles. The number of fused-ring (bicyclic) bond motifs is 1. The second-order valence-corrected chi connectivity index (χ2v) is 8.44. The van der Waals surface area contributed by atoms with E-state index in [9.17, 15) is 9.59 Å². The number of imide groups is 1. The highest BCUT2D eigenvalue weighted by Crippen LogP contribution is 2.33. The van der Waals surface area contributed by atoms with Gasteiger partial charge in [-0.1, -0.05) is 44.2 Å². The molecule has 0 saturated carbocycles. The van der Waals surface area contributed by atoms with Gasteiger partial charge in [0.1, 0.15) is 17.9 Å². The van der Waals surface area contributed by atoms with Gasteiger partial charge in [-0.15, -0.1) is 0 Å². The number of aryl methyl sites for hydroxylation is 2. The van der Waals surface area contributed by atoms with Crippen LogP contribution in [0.5, 0.6) is 5.75 Å². The number of rotatable bonds is 5. The molecule has 1 fully saturated rings. The van der Waals surface area contributed by atoms with Crippen LogP contribution in [-0.2, 0) is 17.6 Å². The molecule has 2 aliphatic rings. The minimum absolute atomic E-state index is 0.132. The normalized spacial score (nSPS) is 20.9. The number of ether oxygens (including phenoxy) is 1. The van der Waals surface area contributed by atoms with E-state index in [1.54, 1.807) is 0 Å². The van der Waals surface area contributed by atoms with Gasteiger partial charge in [0.15, 0.2) is 0 Å². The molecule has 4 rings (SSSR count). The highest BCUT2D eigenvalue weighted by Gasteiger charge is 2.52. The van der Waals surface area contributed by atoms with Crippen LogP contribution in [0.25, 0.3) is 0 Å². The van der Waals surface area contributed by atoms with Gasteiger partial charge in [-0.25, -0.2) is 4.79 Å². The summed E-state index contributed by atoms with van der Waals surface area (Å²) < 4.78 is 5.84. The second kappa shape index (κ2) is 7.54. The zero-order chi connectivity index (χ0) is 20.6. The summed E-state index contributed by atoms with van der Waals surface area (Å²) >= 11 is 0. The Morgan fingerprint density at radius 3 is 2.62 bits per heavy atom. The molecule has 29 heavy (non-hydrogen) atoms. The first-order valence-electron chi connectivity index (χ1n) is 10.3. The van der Waals surface area contributed by atoms with Crippen LogP contribution in [0.4, 0.5) is 4.79 Å². The Hall–Kier alpha value is -2.82. The number of hydrogen-bond donors (Lipinski definition) is 1. The first-order valence-corrected chi connectivity index (χ1v) is 10.3. The summed E-state index contributed by atoms with van der Waals surface area (Å²) in [6.45, 7) is 6.94. The number of nitrogens with zero attached hydrogens (tertiary/aromatic N) is 1. The van der Waals surface area contributed by atoms with Gasteiger partial charge in [0.2, 0.25) is 0 Å². The molecule has 1 unspecified atom stereocenters. The lowest BCUT2D eigenvalue weighted by atomic mass is 9.78. The predicted molar refractivity (Wildman–Crippen MR) is 112 cm³/mol. The van der Waals surface area contributed by atoms with Crippen molar-refractivity contribution >= 4 is 11.9 Å². The molecule has 1 N–H and O–H groups in total. The average molecular weight is 392 g/mol. The van der Waals surface area contributed by atoms with Crippen molar-refractivity contribution < 1.29 is 14.3 Å². The van der Waals surface area contributed by atoms with Crippen LogP contribution in [0.2, 0.25) is 0 Å². The van der Waals surface area contributed by atoms with Crippen LogP contribution in [0.3, 0.4) is 0 Å². The number of amides is 3. The van der Waals surface area contributed by atoms with E-state index < -0.39 is 5.54 Å². The lowest BCUT2D eigenvalue weighted by Gasteiger charge is -2.32. The van der Waals surface area contributed by atoms with Crippen molar-refractivity contribution in [2.24, 2.45) is 0 Å². The zero-order valence-corrected chi connectivity index (χ0v) is 17.3. The lowest BCUT2D eigenvalue weighted by Crippen LogP contribution is -2.51. The summed E-state index contributed by atoms with van der Waals surface area (Å²) in [6, 6.07) is 13.9. The highest BCUT2D eigenvalue weighted by atomic mass is 16.5. The number of nitrogens with one attached hydrogen (secondary N) is 1. The topological polar surface area (TPSA) is 58.6 Å². The summed E-state index contributed by atoms with van der Waals surface area (Å²) in [4.78, 5) is 26.9. The molecule has 1 saturated heterocycles. The van der Waals surface area contributed by atoms with E-state index in [1.165, 1.54) is 21.6 Å². The Balaban J connectivity index is 1.40. The fourth-order valence-electron chi connectivity index (χ4n) is 4.54. The second-order valence-electron chi connectivity index (χ2n) is 8.44. The molecule has 152 valence electrons. The van der Waals surface area contributed by atoms with Gasteiger partial charge in [0, 0.05) is 6.42 Å². The lowest BCUT2D eigenvalue weighted by molar-refractivity contribution is -0.132. The van der Waals surface area contributed by atoms with Gasteiger partial charge in [0.25, 0.3) is 5.91 Å².